The van der Waals surface area contributed by atoms with Gasteiger partial charge in [0.2, 0.25) is 0 Å². The average molecular weight is 179 g/mol. The summed E-state index contributed by atoms with van der Waals surface area (Å²) in [5.41, 5.74) is 0. The van der Waals surface area contributed by atoms with Gasteiger partial charge in [0, 0.05) is 25.0 Å². The van der Waals surface area contributed by atoms with Gasteiger partial charge in [0.25, 0.3) is 0 Å². The van der Waals surface area contributed by atoms with Crippen molar-refractivity contribution >= 4 is 0 Å². The first-order valence-electron chi connectivity index (χ1n) is 5.16. The Morgan fingerprint density at radius 1 is 1.54 bits per heavy atom. The monoisotopic (exact) mass is 179 g/mol. The van der Waals surface area contributed by atoms with Crippen LogP contribution in [0.4, 0.5) is 0 Å². The van der Waals surface area contributed by atoms with E-state index in [1.54, 1.807) is 0 Å². The summed E-state index contributed by atoms with van der Waals surface area (Å²) < 4.78 is 2.01. The molecule has 3 nitrogen and oxygen atoms in total. The molecule has 0 radical (unpaired) electrons. The molecule has 1 N–H and O–H groups in total. The molecule has 2 heterocycles. The smallest absolute Gasteiger partial charge is 0.0489 e. The maximum Gasteiger partial charge on any atom is 0.0489 e. The standard InChI is InChI=1S/C10H17N3/c1-4-10(11-6-1)5-2-8-13-9-3-7-12-13/h3,7,9-11H,1-2,4-6,8H2/t10-/m1/s1. The summed E-state index contributed by atoms with van der Waals surface area (Å²) >= 11 is 0. The molecule has 1 atom stereocenters. The van der Waals surface area contributed by atoms with Crippen LogP contribution in [0.5, 0.6) is 0 Å². The second-order valence-electron chi connectivity index (χ2n) is 3.70. The molecular formula is C10H17N3. The molecule has 1 aliphatic heterocycles. The lowest BCUT2D eigenvalue weighted by Gasteiger charge is -2.09. The van der Waals surface area contributed by atoms with Crippen molar-refractivity contribution in [3.05, 3.63) is 18.5 Å². The molecule has 0 bridgehead atoms. The molecule has 0 spiro atoms. The number of rotatable bonds is 4. The molecule has 1 aromatic heterocycles. The first-order chi connectivity index (χ1) is 6.45. The number of nitrogens with one attached hydrogen (secondary N) is 1. The molecule has 1 aromatic rings. The van der Waals surface area contributed by atoms with E-state index in [1.165, 1.54) is 32.2 Å². The molecule has 1 fully saturated rings. The van der Waals surface area contributed by atoms with Gasteiger partial charge in [-0.2, -0.15) is 5.10 Å². The zero-order valence-corrected chi connectivity index (χ0v) is 7.95. The van der Waals surface area contributed by atoms with E-state index in [0.29, 0.717) is 0 Å². The fraction of sp³-hybridized carbons (Fsp3) is 0.700. The maximum absolute atomic E-state index is 4.18. The molecule has 0 saturated carbocycles. The molecule has 0 amide bonds. The molecule has 0 unspecified atom stereocenters. The van der Waals surface area contributed by atoms with Crippen molar-refractivity contribution in [2.45, 2.75) is 38.3 Å². The Morgan fingerprint density at radius 3 is 3.23 bits per heavy atom. The number of aryl methyl sites for hydroxylation is 1. The number of aromatic nitrogens is 2. The summed E-state index contributed by atoms with van der Waals surface area (Å²) in [6.45, 7) is 2.28. The zero-order chi connectivity index (χ0) is 8.93. The van der Waals surface area contributed by atoms with Crippen LogP contribution in [-0.4, -0.2) is 22.4 Å². The fourth-order valence-electron chi connectivity index (χ4n) is 1.94. The lowest BCUT2D eigenvalue weighted by molar-refractivity contribution is 0.484. The highest BCUT2D eigenvalue weighted by Crippen LogP contribution is 2.10. The average Bonchev–Trinajstić information content (AvgIpc) is 2.75. The van der Waals surface area contributed by atoms with Gasteiger partial charge in [-0.15, -0.1) is 0 Å². The van der Waals surface area contributed by atoms with Crippen LogP contribution in [0, 0.1) is 0 Å². The van der Waals surface area contributed by atoms with E-state index in [2.05, 4.69) is 10.4 Å². The van der Waals surface area contributed by atoms with Crippen LogP contribution < -0.4 is 5.32 Å². The zero-order valence-electron chi connectivity index (χ0n) is 7.95. The lowest BCUT2D eigenvalue weighted by Crippen LogP contribution is -2.21. The van der Waals surface area contributed by atoms with Crippen molar-refractivity contribution in [1.29, 1.82) is 0 Å². The first kappa shape index (κ1) is 8.75. The summed E-state index contributed by atoms with van der Waals surface area (Å²) in [6.07, 6.45) is 9.11. The second-order valence-corrected chi connectivity index (χ2v) is 3.70. The van der Waals surface area contributed by atoms with Crippen molar-refractivity contribution in [2.24, 2.45) is 0 Å². The van der Waals surface area contributed by atoms with Gasteiger partial charge < -0.3 is 5.32 Å². The van der Waals surface area contributed by atoms with Crippen molar-refractivity contribution in [1.82, 2.24) is 15.1 Å². The van der Waals surface area contributed by atoms with E-state index in [-0.39, 0.29) is 0 Å². The van der Waals surface area contributed by atoms with Crippen LogP contribution in [0.2, 0.25) is 0 Å². The summed E-state index contributed by atoms with van der Waals surface area (Å²) in [5.74, 6) is 0. The van der Waals surface area contributed by atoms with E-state index in [1.807, 2.05) is 23.1 Å². The number of hydrogen-bond donors (Lipinski definition) is 1. The van der Waals surface area contributed by atoms with Gasteiger partial charge in [-0.25, -0.2) is 0 Å². The first-order valence-corrected chi connectivity index (χ1v) is 5.16. The van der Waals surface area contributed by atoms with Crippen LogP contribution in [0.15, 0.2) is 18.5 Å². The Kier molecular flexibility index (Phi) is 2.98. The molecule has 0 aliphatic carbocycles. The Labute approximate surface area is 79.1 Å². The van der Waals surface area contributed by atoms with Crippen molar-refractivity contribution in [3.63, 3.8) is 0 Å². The Balaban J connectivity index is 1.63. The SMILES string of the molecule is c1cnn(CCC[C@H]2CCCN2)c1. The van der Waals surface area contributed by atoms with Gasteiger partial charge in [-0.1, -0.05) is 0 Å². The highest BCUT2D eigenvalue weighted by molar-refractivity contribution is 4.78. The van der Waals surface area contributed by atoms with Gasteiger partial charge in [0.15, 0.2) is 0 Å². The molecule has 1 saturated heterocycles. The van der Waals surface area contributed by atoms with E-state index >= 15 is 0 Å². The highest BCUT2D eigenvalue weighted by atomic mass is 15.3. The molecular weight excluding hydrogens is 162 g/mol. The van der Waals surface area contributed by atoms with Gasteiger partial charge in [0.05, 0.1) is 0 Å². The summed E-state index contributed by atoms with van der Waals surface area (Å²) in [7, 11) is 0. The van der Waals surface area contributed by atoms with Crippen LogP contribution in [0.3, 0.4) is 0 Å². The van der Waals surface area contributed by atoms with Crippen LogP contribution in [-0.2, 0) is 6.54 Å². The number of hydrogen-bond acceptors (Lipinski definition) is 2. The summed E-state index contributed by atoms with van der Waals surface area (Å²) in [4.78, 5) is 0. The molecule has 2 rings (SSSR count). The van der Waals surface area contributed by atoms with E-state index in [4.69, 9.17) is 0 Å². The Hall–Kier alpha value is -0.830. The lowest BCUT2D eigenvalue weighted by atomic mass is 10.1. The largest absolute Gasteiger partial charge is 0.314 e. The van der Waals surface area contributed by atoms with E-state index < -0.39 is 0 Å². The summed E-state index contributed by atoms with van der Waals surface area (Å²) in [5, 5.41) is 7.68. The third kappa shape index (κ3) is 2.56. The van der Waals surface area contributed by atoms with Gasteiger partial charge in [-0.05, 0) is 38.3 Å². The van der Waals surface area contributed by atoms with Crippen molar-refractivity contribution in [3.8, 4) is 0 Å². The molecule has 3 heteroatoms. The van der Waals surface area contributed by atoms with Gasteiger partial charge in [0.1, 0.15) is 0 Å². The predicted molar refractivity (Wildman–Crippen MR) is 52.5 cm³/mol. The minimum atomic E-state index is 0.774. The van der Waals surface area contributed by atoms with Gasteiger partial charge >= 0.3 is 0 Å². The minimum absolute atomic E-state index is 0.774. The van der Waals surface area contributed by atoms with Crippen LogP contribution >= 0.6 is 0 Å². The van der Waals surface area contributed by atoms with Crippen molar-refractivity contribution < 1.29 is 0 Å². The maximum atomic E-state index is 4.18. The topological polar surface area (TPSA) is 29.9 Å². The molecule has 1 aliphatic rings. The van der Waals surface area contributed by atoms with Gasteiger partial charge in [-0.3, -0.25) is 4.68 Å². The van der Waals surface area contributed by atoms with Crippen LogP contribution in [0.1, 0.15) is 25.7 Å². The number of nitrogens with zero attached hydrogens (tertiary/aromatic N) is 2. The van der Waals surface area contributed by atoms with Crippen molar-refractivity contribution in [2.75, 3.05) is 6.54 Å². The third-order valence-corrected chi connectivity index (χ3v) is 2.66. The Bertz CT molecular complexity index is 224. The summed E-state index contributed by atoms with van der Waals surface area (Å²) in [6, 6.07) is 2.75. The van der Waals surface area contributed by atoms with E-state index in [9.17, 15) is 0 Å². The minimum Gasteiger partial charge on any atom is -0.314 e. The Morgan fingerprint density at radius 2 is 2.54 bits per heavy atom. The third-order valence-electron chi connectivity index (χ3n) is 2.66. The van der Waals surface area contributed by atoms with Crippen LogP contribution in [0.25, 0.3) is 0 Å². The second kappa shape index (κ2) is 4.42. The quantitative estimate of drug-likeness (QED) is 0.757. The molecule has 0 aromatic carbocycles. The fourth-order valence-corrected chi connectivity index (χ4v) is 1.94. The molecule has 13 heavy (non-hydrogen) atoms. The normalized spacial score (nSPS) is 22.3. The predicted octanol–water partition coefficient (Wildman–Crippen LogP) is 1.42. The molecule has 72 valence electrons. The van der Waals surface area contributed by atoms with E-state index in [0.717, 1.165) is 12.6 Å². The highest BCUT2D eigenvalue weighted by Gasteiger charge is 2.12.